The first-order valence-electron chi connectivity index (χ1n) is 7.61. The van der Waals surface area contributed by atoms with Gasteiger partial charge in [0.2, 0.25) is 10.0 Å². The van der Waals surface area contributed by atoms with E-state index in [9.17, 15) is 21.6 Å². The van der Waals surface area contributed by atoms with Gasteiger partial charge in [-0.2, -0.15) is 13.2 Å². The van der Waals surface area contributed by atoms with Gasteiger partial charge in [-0.05, 0) is 30.7 Å². The highest BCUT2D eigenvalue weighted by atomic mass is 32.2. The van der Waals surface area contributed by atoms with E-state index >= 15 is 0 Å². The Labute approximate surface area is 144 Å². The number of sulfonamides is 1. The molecular weight excluding hydrogens is 355 g/mol. The van der Waals surface area contributed by atoms with Crippen molar-refractivity contribution in [3.05, 3.63) is 48.2 Å². The van der Waals surface area contributed by atoms with E-state index in [1.54, 1.807) is 0 Å². The fraction of sp³-hybridized carbons (Fsp3) is 0.312. The molecule has 0 atom stereocenters. The van der Waals surface area contributed by atoms with Crippen LogP contribution in [0.5, 0.6) is 0 Å². The molecule has 0 aliphatic carbocycles. The zero-order valence-electron chi connectivity index (χ0n) is 13.5. The normalized spacial score (nSPS) is 12.0. The van der Waals surface area contributed by atoms with E-state index < -0.39 is 21.8 Å². The number of rotatable bonds is 7. The first-order valence-corrected chi connectivity index (χ1v) is 9.26. The second-order valence-electron chi connectivity index (χ2n) is 5.37. The van der Waals surface area contributed by atoms with Crippen LogP contribution in [0.15, 0.2) is 42.6 Å². The van der Waals surface area contributed by atoms with E-state index in [0.717, 1.165) is 12.5 Å². The number of hydrogen-bond acceptors (Lipinski definition) is 4. The number of nitrogens with zero attached hydrogens (tertiary/aromatic N) is 1. The van der Waals surface area contributed by atoms with Crippen molar-refractivity contribution in [1.29, 1.82) is 0 Å². The summed E-state index contributed by atoms with van der Waals surface area (Å²) in [6.45, 7) is 1.89. The monoisotopic (exact) mass is 373 g/mol. The molecule has 0 saturated carbocycles. The van der Waals surface area contributed by atoms with Crippen LogP contribution in [-0.4, -0.2) is 19.2 Å². The Morgan fingerprint density at radius 2 is 1.84 bits per heavy atom. The first-order chi connectivity index (χ1) is 11.7. The average molecular weight is 373 g/mol. The van der Waals surface area contributed by atoms with Crippen LogP contribution in [0, 0.1) is 0 Å². The topological polar surface area (TPSA) is 71.1 Å². The summed E-state index contributed by atoms with van der Waals surface area (Å²) in [5.74, 6) is 0.177. The number of unbranched alkanes of at least 4 members (excludes halogenated alkanes) is 1. The van der Waals surface area contributed by atoms with Gasteiger partial charge in [-0.3, -0.25) is 4.72 Å². The van der Waals surface area contributed by atoms with Crippen LogP contribution in [0.25, 0.3) is 0 Å². The average Bonchev–Trinajstić information content (AvgIpc) is 2.54. The maximum absolute atomic E-state index is 13.0. The Morgan fingerprint density at radius 3 is 2.44 bits per heavy atom. The summed E-state index contributed by atoms with van der Waals surface area (Å²) in [4.78, 5) is 3.96. The fourth-order valence-corrected chi connectivity index (χ4v) is 3.32. The predicted molar refractivity (Wildman–Crippen MR) is 91.3 cm³/mol. The molecule has 0 spiro atoms. The van der Waals surface area contributed by atoms with Crippen molar-refractivity contribution in [2.24, 2.45) is 0 Å². The summed E-state index contributed by atoms with van der Waals surface area (Å²) in [6.07, 6.45) is -1.95. The van der Waals surface area contributed by atoms with E-state index in [1.165, 1.54) is 36.5 Å². The Bertz CT molecular complexity index is 806. The fourth-order valence-electron chi connectivity index (χ4n) is 2.07. The predicted octanol–water partition coefficient (Wildman–Crippen LogP) is 4.39. The highest BCUT2D eigenvalue weighted by Gasteiger charge is 2.33. The molecule has 2 aromatic rings. The third kappa shape index (κ3) is 5.63. The summed E-state index contributed by atoms with van der Waals surface area (Å²) >= 11 is 0. The van der Waals surface area contributed by atoms with Gasteiger partial charge in [0.25, 0.3) is 0 Å². The molecule has 2 rings (SSSR count). The lowest BCUT2D eigenvalue weighted by molar-refractivity contribution is -0.136. The van der Waals surface area contributed by atoms with E-state index in [-0.39, 0.29) is 22.9 Å². The number of pyridine rings is 1. The van der Waals surface area contributed by atoms with Crippen molar-refractivity contribution < 1.29 is 21.6 Å². The molecule has 0 radical (unpaired) electrons. The molecule has 25 heavy (non-hydrogen) atoms. The Kier molecular flexibility index (Phi) is 5.89. The lowest BCUT2D eigenvalue weighted by atomic mass is 10.1. The van der Waals surface area contributed by atoms with Crippen molar-refractivity contribution >= 4 is 27.2 Å². The Hall–Kier alpha value is -2.29. The number of aromatic nitrogens is 1. The lowest BCUT2D eigenvalue weighted by Gasteiger charge is -2.14. The molecule has 5 nitrogen and oxygen atoms in total. The van der Waals surface area contributed by atoms with E-state index in [1.807, 2.05) is 6.92 Å². The molecule has 0 aliphatic rings. The second kappa shape index (κ2) is 7.73. The van der Waals surface area contributed by atoms with Crippen LogP contribution in [0.4, 0.5) is 30.4 Å². The zero-order valence-corrected chi connectivity index (χ0v) is 14.3. The Morgan fingerprint density at radius 1 is 1.12 bits per heavy atom. The summed E-state index contributed by atoms with van der Waals surface area (Å²) < 4.78 is 64.9. The van der Waals surface area contributed by atoms with Crippen molar-refractivity contribution in [3.63, 3.8) is 0 Å². The Balaban J connectivity index is 2.12. The van der Waals surface area contributed by atoms with Crippen molar-refractivity contribution in [2.45, 2.75) is 25.9 Å². The number of hydrogen-bond donors (Lipinski definition) is 2. The van der Waals surface area contributed by atoms with Gasteiger partial charge in [-0.1, -0.05) is 25.5 Å². The van der Waals surface area contributed by atoms with Crippen LogP contribution in [-0.2, 0) is 16.2 Å². The number of halogens is 3. The SMILES string of the molecule is CCCCS(=O)(=O)Nc1ccc(Nc2ccccc2C(F)(F)F)nc1. The number of nitrogens with one attached hydrogen (secondary N) is 2. The van der Waals surface area contributed by atoms with E-state index in [4.69, 9.17) is 0 Å². The van der Waals surface area contributed by atoms with Gasteiger partial charge in [-0.25, -0.2) is 13.4 Å². The molecule has 1 heterocycles. The molecular formula is C16H18F3N3O2S. The quantitative estimate of drug-likeness (QED) is 0.755. The van der Waals surface area contributed by atoms with E-state index in [2.05, 4.69) is 15.0 Å². The maximum atomic E-state index is 13.0. The van der Waals surface area contributed by atoms with Crippen LogP contribution in [0.3, 0.4) is 0 Å². The summed E-state index contributed by atoms with van der Waals surface area (Å²) in [5.41, 5.74) is -0.675. The standard InChI is InChI=1S/C16H18F3N3O2S/c1-2-3-10-25(23,24)22-12-8-9-15(20-11-12)21-14-7-5-4-6-13(14)16(17,18)19/h4-9,11,22H,2-3,10H2,1H3,(H,20,21). The largest absolute Gasteiger partial charge is 0.418 e. The molecule has 9 heteroatoms. The minimum absolute atomic E-state index is 0.00244. The van der Waals surface area contributed by atoms with Crippen molar-refractivity contribution in [2.75, 3.05) is 15.8 Å². The van der Waals surface area contributed by atoms with Gasteiger partial charge >= 0.3 is 6.18 Å². The van der Waals surface area contributed by atoms with Gasteiger partial charge in [0.1, 0.15) is 5.82 Å². The highest BCUT2D eigenvalue weighted by Crippen LogP contribution is 2.35. The van der Waals surface area contributed by atoms with Gasteiger partial charge in [0, 0.05) is 0 Å². The molecule has 136 valence electrons. The van der Waals surface area contributed by atoms with Crippen molar-refractivity contribution in [1.82, 2.24) is 4.98 Å². The third-order valence-electron chi connectivity index (χ3n) is 3.30. The highest BCUT2D eigenvalue weighted by molar-refractivity contribution is 7.92. The lowest BCUT2D eigenvalue weighted by Crippen LogP contribution is -2.16. The molecule has 1 aromatic carbocycles. The summed E-state index contributed by atoms with van der Waals surface area (Å²) in [7, 11) is -3.45. The van der Waals surface area contributed by atoms with Crippen LogP contribution >= 0.6 is 0 Å². The molecule has 0 unspecified atom stereocenters. The molecule has 0 fully saturated rings. The zero-order chi connectivity index (χ0) is 18.5. The molecule has 0 amide bonds. The molecule has 0 bridgehead atoms. The van der Waals surface area contributed by atoms with Gasteiger partial charge in [-0.15, -0.1) is 0 Å². The smallest absolute Gasteiger partial charge is 0.340 e. The summed E-state index contributed by atoms with van der Waals surface area (Å²) in [6, 6.07) is 7.90. The van der Waals surface area contributed by atoms with Crippen LogP contribution < -0.4 is 10.0 Å². The third-order valence-corrected chi connectivity index (χ3v) is 4.67. The number of para-hydroxylation sites is 1. The van der Waals surface area contributed by atoms with Gasteiger partial charge in [0.15, 0.2) is 0 Å². The first kappa shape index (κ1) is 19.0. The number of benzene rings is 1. The second-order valence-corrected chi connectivity index (χ2v) is 7.22. The van der Waals surface area contributed by atoms with Gasteiger partial charge in [0.05, 0.1) is 28.9 Å². The maximum Gasteiger partial charge on any atom is 0.418 e. The number of alkyl halides is 3. The van der Waals surface area contributed by atoms with Crippen LogP contribution in [0.1, 0.15) is 25.3 Å². The molecule has 1 aromatic heterocycles. The minimum atomic E-state index is -4.49. The van der Waals surface area contributed by atoms with E-state index in [0.29, 0.717) is 6.42 Å². The molecule has 0 aliphatic heterocycles. The van der Waals surface area contributed by atoms with Crippen molar-refractivity contribution in [3.8, 4) is 0 Å². The molecule has 2 N–H and O–H groups in total. The van der Waals surface area contributed by atoms with Gasteiger partial charge < -0.3 is 5.32 Å². The number of anilines is 3. The molecule has 0 saturated heterocycles. The van der Waals surface area contributed by atoms with Crippen LogP contribution in [0.2, 0.25) is 0 Å². The minimum Gasteiger partial charge on any atom is -0.340 e. The summed E-state index contributed by atoms with van der Waals surface area (Å²) in [5, 5.41) is 2.60.